The summed E-state index contributed by atoms with van der Waals surface area (Å²) in [4.78, 5) is 4.44. The molecule has 0 fully saturated rings. The SMILES string of the molecule is C=CCOc1ccc(-c2c(C#N)c(N)nc3c2CNCC3)c(OCC=C)c1. The van der Waals surface area contributed by atoms with Gasteiger partial charge >= 0.3 is 0 Å². The van der Waals surface area contributed by atoms with Gasteiger partial charge in [-0.15, -0.1) is 0 Å². The summed E-state index contributed by atoms with van der Waals surface area (Å²) in [5.41, 5.74) is 9.91. The molecule has 3 N–H and O–H groups in total. The van der Waals surface area contributed by atoms with E-state index in [4.69, 9.17) is 15.2 Å². The molecule has 0 saturated heterocycles. The third-order valence-electron chi connectivity index (χ3n) is 4.31. The highest BCUT2D eigenvalue weighted by molar-refractivity contribution is 5.83. The maximum atomic E-state index is 9.72. The molecule has 3 rings (SSSR count). The highest BCUT2D eigenvalue weighted by Crippen LogP contribution is 2.40. The van der Waals surface area contributed by atoms with Gasteiger partial charge in [-0.05, 0) is 17.7 Å². The Hall–Kier alpha value is -3.30. The summed E-state index contributed by atoms with van der Waals surface area (Å²) >= 11 is 0. The molecule has 6 heteroatoms. The number of nitrogens with zero attached hydrogens (tertiary/aromatic N) is 2. The van der Waals surface area contributed by atoms with E-state index in [1.807, 2.05) is 18.2 Å². The number of nitrogens with two attached hydrogens (primary N) is 1. The second-order valence-electron chi connectivity index (χ2n) is 6.07. The largest absolute Gasteiger partial charge is 0.489 e. The Morgan fingerprint density at radius 1 is 1.26 bits per heavy atom. The quantitative estimate of drug-likeness (QED) is 0.736. The smallest absolute Gasteiger partial charge is 0.142 e. The van der Waals surface area contributed by atoms with E-state index in [-0.39, 0.29) is 5.82 Å². The van der Waals surface area contributed by atoms with Crippen molar-refractivity contribution in [1.29, 1.82) is 5.26 Å². The van der Waals surface area contributed by atoms with Gasteiger partial charge in [0.1, 0.15) is 42.2 Å². The van der Waals surface area contributed by atoms with Crippen LogP contribution in [-0.2, 0) is 13.0 Å². The third kappa shape index (κ3) is 3.78. The van der Waals surface area contributed by atoms with Crippen molar-refractivity contribution >= 4 is 5.82 Å². The fourth-order valence-electron chi connectivity index (χ4n) is 3.14. The van der Waals surface area contributed by atoms with E-state index in [0.29, 0.717) is 36.8 Å². The average Bonchev–Trinajstić information content (AvgIpc) is 2.69. The van der Waals surface area contributed by atoms with E-state index in [2.05, 4.69) is 29.5 Å². The molecule has 2 aromatic rings. The Morgan fingerprint density at radius 2 is 2.04 bits per heavy atom. The first-order chi connectivity index (χ1) is 13.2. The number of ether oxygens (including phenoxy) is 2. The van der Waals surface area contributed by atoms with Gasteiger partial charge in [0.25, 0.3) is 0 Å². The highest BCUT2D eigenvalue weighted by Gasteiger charge is 2.24. The number of benzene rings is 1. The number of hydrogen-bond acceptors (Lipinski definition) is 6. The van der Waals surface area contributed by atoms with Crippen LogP contribution in [0.1, 0.15) is 16.8 Å². The molecule has 0 bridgehead atoms. The number of nitriles is 1. The summed E-state index contributed by atoms with van der Waals surface area (Å²) in [6, 6.07) is 7.75. The molecule has 0 spiro atoms. The van der Waals surface area contributed by atoms with E-state index in [9.17, 15) is 5.26 Å². The van der Waals surface area contributed by atoms with Crippen LogP contribution in [-0.4, -0.2) is 24.7 Å². The topological polar surface area (TPSA) is 93.2 Å². The van der Waals surface area contributed by atoms with Crippen molar-refractivity contribution in [3.05, 3.63) is 60.3 Å². The minimum atomic E-state index is 0.245. The van der Waals surface area contributed by atoms with Gasteiger partial charge in [-0.1, -0.05) is 25.3 Å². The zero-order chi connectivity index (χ0) is 19.2. The molecule has 0 radical (unpaired) electrons. The van der Waals surface area contributed by atoms with Crippen LogP contribution in [0.2, 0.25) is 0 Å². The second kappa shape index (κ2) is 8.39. The lowest BCUT2D eigenvalue weighted by atomic mass is 9.91. The first-order valence-electron chi connectivity index (χ1n) is 8.73. The van der Waals surface area contributed by atoms with Gasteiger partial charge in [0.2, 0.25) is 0 Å². The molecule has 0 atom stereocenters. The van der Waals surface area contributed by atoms with E-state index < -0.39 is 0 Å². The standard InChI is InChI=1S/C21H22N4O2/c1-3-9-26-14-5-6-15(19(11-14)27-10-4-2)20-16(12-22)21(23)25-18-7-8-24-13-17(18)20/h3-6,11,24H,1-2,7-10,13H2,(H2,23,25). The molecule has 27 heavy (non-hydrogen) atoms. The van der Waals surface area contributed by atoms with E-state index >= 15 is 0 Å². The van der Waals surface area contributed by atoms with Gasteiger partial charge in [-0.3, -0.25) is 0 Å². The van der Waals surface area contributed by atoms with Gasteiger partial charge in [0.05, 0.1) is 0 Å². The lowest BCUT2D eigenvalue weighted by Gasteiger charge is -2.23. The molecule has 1 aliphatic heterocycles. The Labute approximate surface area is 158 Å². The number of aromatic nitrogens is 1. The average molecular weight is 362 g/mol. The van der Waals surface area contributed by atoms with E-state index in [1.54, 1.807) is 12.2 Å². The summed E-state index contributed by atoms with van der Waals surface area (Å²) < 4.78 is 11.5. The van der Waals surface area contributed by atoms with Crippen molar-refractivity contribution < 1.29 is 9.47 Å². The molecule has 0 saturated carbocycles. The number of rotatable bonds is 7. The van der Waals surface area contributed by atoms with Crippen LogP contribution in [0.15, 0.2) is 43.5 Å². The predicted molar refractivity (Wildman–Crippen MR) is 106 cm³/mol. The van der Waals surface area contributed by atoms with Crippen molar-refractivity contribution in [2.45, 2.75) is 13.0 Å². The zero-order valence-corrected chi connectivity index (χ0v) is 15.1. The molecule has 2 heterocycles. The van der Waals surface area contributed by atoms with Crippen LogP contribution < -0.4 is 20.5 Å². The third-order valence-corrected chi connectivity index (χ3v) is 4.31. The summed E-state index contributed by atoms with van der Waals surface area (Å²) in [7, 11) is 0. The van der Waals surface area contributed by atoms with Gasteiger partial charge < -0.3 is 20.5 Å². The van der Waals surface area contributed by atoms with Gasteiger partial charge in [0, 0.05) is 42.4 Å². The van der Waals surface area contributed by atoms with E-state index in [0.717, 1.165) is 35.3 Å². The zero-order valence-electron chi connectivity index (χ0n) is 15.1. The number of fused-ring (bicyclic) bond motifs is 1. The molecule has 1 aromatic carbocycles. The summed E-state index contributed by atoms with van der Waals surface area (Å²) in [5.74, 6) is 1.51. The van der Waals surface area contributed by atoms with Crippen molar-refractivity contribution in [1.82, 2.24) is 10.3 Å². The minimum Gasteiger partial charge on any atom is -0.489 e. The maximum absolute atomic E-state index is 9.72. The highest BCUT2D eigenvalue weighted by atomic mass is 16.5. The molecule has 6 nitrogen and oxygen atoms in total. The fourth-order valence-corrected chi connectivity index (χ4v) is 3.14. The maximum Gasteiger partial charge on any atom is 0.142 e. The monoisotopic (exact) mass is 362 g/mol. The Morgan fingerprint density at radius 3 is 2.78 bits per heavy atom. The van der Waals surface area contributed by atoms with Crippen LogP contribution >= 0.6 is 0 Å². The Bertz CT molecular complexity index is 915. The van der Waals surface area contributed by atoms with Crippen LogP contribution in [0.3, 0.4) is 0 Å². The number of hydrogen-bond donors (Lipinski definition) is 2. The van der Waals surface area contributed by atoms with Crippen LogP contribution in [0, 0.1) is 11.3 Å². The van der Waals surface area contributed by atoms with Crippen molar-refractivity contribution in [3.8, 4) is 28.7 Å². The Kier molecular flexibility index (Phi) is 5.74. The number of nitrogens with one attached hydrogen (secondary N) is 1. The molecule has 1 aromatic heterocycles. The van der Waals surface area contributed by atoms with Crippen molar-refractivity contribution in [2.24, 2.45) is 0 Å². The summed E-state index contributed by atoms with van der Waals surface area (Å²) in [6.07, 6.45) is 4.11. The van der Waals surface area contributed by atoms with Crippen molar-refractivity contribution in [3.63, 3.8) is 0 Å². The van der Waals surface area contributed by atoms with Gasteiger partial charge in [-0.2, -0.15) is 5.26 Å². The molecule has 1 aliphatic rings. The van der Waals surface area contributed by atoms with Gasteiger partial charge in [0.15, 0.2) is 0 Å². The molecular formula is C21H22N4O2. The minimum absolute atomic E-state index is 0.245. The van der Waals surface area contributed by atoms with E-state index in [1.165, 1.54) is 0 Å². The number of anilines is 1. The predicted octanol–water partition coefficient (Wildman–Crippen LogP) is 2.98. The summed E-state index contributed by atoms with van der Waals surface area (Å²) in [5, 5.41) is 13.1. The first-order valence-corrected chi connectivity index (χ1v) is 8.73. The second-order valence-corrected chi connectivity index (χ2v) is 6.07. The van der Waals surface area contributed by atoms with Crippen LogP contribution in [0.5, 0.6) is 11.5 Å². The normalized spacial score (nSPS) is 12.6. The summed E-state index contributed by atoms with van der Waals surface area (Å²) in [6.45, 7) is 9.55. The number of nitrogen functional groups attached to an aromatic ring is 1. The molecule has 0 amide bonds. The van der Waals surface area contributed by atoms with Crippen LogP contribution in [0.4, 0.5) is 5.82 Å². The molecule has 0 aliphatic carbocycles. The molecule has 0 unspecified atom stereocenters. The van der Waals surface area contributed by atoms with Gasteiger partial charge in [-0.25, -0.2) is 4.98 Å². The molecular weight excluding hydrogens is 340 g/mol. The van der Waals surface area contributed by atoms with Crippen molar-refractivity contribution in [2.75, 3.05) is 25.5 Å². The number of pyridine rings is 1. The lowest BCUT2D eigenvalue weighted by Crippen LogP contribution is -2.26. The fraction of sp³-hybridized carbons (Fsp3) is 0.238. The Balaban J connectivity index is 2.20. The first kappa shape index (κ1) is 18.5. The molecule has 138 valence electrons. The lowest BCUT2D eigenvalue weighted by molar-refractivity contribution is 0.346. The van der Waals surface area contributed by atoms with Crippen LogP contribution in [0.25, 0.3) is 11.1 Å².